The second-order valence-electron chi connectivity index (χ2n) is 5.52. The summed E-state index contributed by atoms with van der Waals surface area (Å²) >= 11 is 8.07. The van der Waals surface area contributed by atoms with Crippen molar-refractivity contribution < 1.29 is 13.9 Å². The number of aromatic nitrogens is 1. The smallest absolute Gasteiger partial charge is 0.426 e. The number of carbonyl (C=O) groups excluding carboxylic acids is 1. The highest BCUT2D eigenvalue weighted by molar-refractivity contribution is 8.01. The Labute approximate surface area is 146 Å². The van der Waals surface area contributed by atoms with Gasteiger partial charge in [0.2, 0.25) is 0 Å². The molecular weight excluding hydrogens is 361 g/mol. The monoisotopic (exact) mass is 375 g/mol. The normalized spacial score (nSPS) is 11.3. The molecule has 0 radical (unpaired) electrons. The minimum Gasteiger partial charge on any atom is -0.443 e. The van der Waals surface area contributed by atoms with Gasteiger partial charge >= 0.3 is 6.09 Å². The van der Waals surface area contributed by atoms with E-state index >= 15 is 0 Å². The van der Waals surface area contributed by atoms with Crippen LogP contribution in [0.25, 0.3) is 0 Å². The Balaban J connectivity index is 2.32. The first-order chi connectivity index (χ1) is 10.7. The molecule has 0 saturated heterocycles. The summed E-state index contributed by atoms with van der Waals surface area (Å²) in [6.45, 7) is 5.24. The quantitative estimate of drug-likeness (QED) is 0.606. The van der Waals surface area contributed by atoms with Gasteiger partial charge in [0.25, 0.3) is 0 Å². The molecule has 0 spiro atoms. The van der Waals surface area contributed by atoms with E-state index in [2.05, 4.69) is 4.98 Å². The van der Waals surface area contributed by atoms with Crippen LogP contribution in [0.2, 0.25) is 5.02 Å². The third-order valence-corrected chi connectivity index (χ3v) is 4.36. The van der Waals surface area contributed by atoms with Crippen LogP contribution in [-0.2, 0) is 4.74 Å². The molecule has 0 unspecified atom stereocenters. The van der Waals surface area contributed by atoms with Gasteiger partial charge in [0.15, 0.2) is 5.82 Å². The molecule has 1 aromatic carbocycles. The van der Waals surface area contributed by atoms with Gasteiger partial charge in [0, 0.05) is 17.3 Å². The molecule has 124 valence electrons. The summed E-state index contributed by atoms with van der Waals surface area (Å²) in [6.07, 6.45) is -0.652. The predicted octanol–water partition coefficient (Wildman–Crippen LogP) is 4.97. The molecule has 1 heterocycles. The molecule has 1 aromatic heterocycles. The third-order valence-electron chi connectivity index (χ3n) is 2.43. The topological polar surface area (TPSA) is 68.5 Å². The van der Waals surface area contributed by atoms with Gasteiger partial charge < -0.3 is 10.5 Å². The molecule has 0 fully saturated rings. The summed E-state index contributed by atoms with van der Waals surface area (Å²) in [5.41, 5.74) is 6.57. The molecule has 2 aromatic rings. The molecule has 0 aliphatic carbocycles. The Morgan fingerprint density at radius 2 is 2.17 bits per heavy atom. The lowest BCUT2D eigenvalue weighted by Crippen LogP contribution is -2.32. The van der Waals surface area contributed by atoms with Crippen molar-refractivity contribution in [2.75, 3.05) is 10.0 Å². The van der Waals surface area contributed by atoms with E-state index in [0.717, 1.165) is 18.0 Å². The van der Waals surface area contributed by atoms with Crippen molar-refractivity contribution in [1.29, 1.82) is 0 Å². The zero-order chi connectivity index (χ0) is 17.2. The van der Waals surface area contributed by atoms with E-state index in [1.807, 2.05) is 0 Å². The van der Waals surface area contributed by atoms with Gasteiger partial charge in [0.1, 0.15) is 11.4 Å². The zero-order valence-electron chi connectivity index (χ0n) is 12.7. The van der Waals surface area contributed by atoms with Crippen LogP contribution in [0, 0.1) is 5.82 Å². The Morgan fingerprint density at radius 3 is 2.74 bits per heavy atom. The average molecular weight is 376 g/mol. The lowest BCUT2D eigenvalue weighted by molar-refractivity contribution is 0.0611. The number of nitrogens with zero attached hydrogens (tertiary/aromatic N) is 2. The van der Waals surface area contributed by atoms with Crippen LogP contribution < -0.4 is 10.0 Å². The van der Waals surface area contributed by atoms with Gasteiger partial charge in [0.05, 0.1) is 21.1 Å². The number of amides is 1. The van der Waals surface area contributed by atoms with Crippen molar-refractivity contribution in [3.63, 3.8) is 0 Å². The highest BCUT2D eigenvalue weighted by Gasteiger charge is 2.27. The van der Waals surface area contributed by atoms with Crippen molar-refractivity contribution in [3.8, 4) is 0 Å². The van der Waals surface area contributed by atoms with Crippen LogP contribution in [-0.4, -0.2) is 16.7 Å². The number of halogens is 2. The Morgan fingerprint density at radius 1 is 1.48 bits per heavy atom. The van der Waals surface area contributed by atoms with Gasteiger partial charge in [-0.1, -0.05) is 11.6 Å². The number of thiazole rings is 1. The number of carbonyl (C=O) groups is 1. The Bertz CT molecular complexity index is 705. The predicted molar refractivity (Wildman–Crippen MR) is 92.5 cm³/mol. The van der Waals surface area contributed by atoms with E-state index in [4.69, 9.17) is 22.1 Å². The number of nitrogens with two attached hydrogens (primary N) is 1. The molecule has 2 rings (SSSR count). The number of benzene rings is 1. The number of anilines is 2. The molecule has 5 nitrogen and oxygen atoms in total. The molecule has 0 aliphatic rings. The van der Waals surface area contributed by atoms with Crippen LogP contribution in [0.15, 0.2) is 27.9 Å². The van der Waals surface area contributed by atoms with E-state index in [1.54, 1.807) is 31.7 Å². The van der Waals surface area contributed by atoms with Crippen molar-refractivity contribution >= 4 is 52.5 Å². The highest BCUT2D eigenvalue weighted by Crippen LogP contribution is 2.35. The lowest BCUT2D eigenvalue weighted by Gasteiger charge is -2.25. The third kappa shape index (κ3) is 4.73. The van der Waals surface area contributed by atoms with Gasteiger partial charge in [-0.25, -0.2) is 14.2 Å². The standard InChI is InChI=1S/C14H15ClFN3O2S2/c1-14(2,3)21-13(20)19(12-6-22-7-18-12)23-11-4-8(15)10(17)5-9(11)16/h4-7H,17H2,1-3H3. The first-order valence-corrected chi connectivity index (χ1v) is 8.60. The fourth-order valence-electron chi connectivity index (χ4n) is 1.50. The first kappa shape index (κ1) is 17.8. The van der Waals surface area contributed by atoms with Crippen molar-refractivity contribution in [1.82, 2.24) is 4.98 Å². The minimum absolute atomic E-state index is 0.131. The Kier molecular flexibility index (Phi) is 5.38. The molecular formula is C14H15ClFN3O2S2. The maximum atomic E-state index is 14.1. The summed E-state index contributed by atoms with van der Waals surface area (Å²) in [4.78, 5) is 16.6. The van der Waals surface area contributed by atoms with Gasteiger partial charge in [-0.3, -0.25) is 0 Å². The van der Waals surface area contributed by atoms with Crippen molar-refractivity contribution in [3.05, 3.63) is 33.9 Å². The maximum absolute atomic E-state index is 14.1. The molecule has 1 amide bonds. The maximum Gasteiger partial charge on any atom is 0.426 e. The van der Waals surface area contributed by atoms with E-state index < -0.39 is 17.5 Å². The van der Waals surface area contributed by atoms with Crippen LogP contribution in [0.3, 0.4) is 0 Å². The van der Waals surface area contributed by atoms with Crippen LogP contribution in [0.5, 0.6) is 0 Å². The zero-order valence-corrected chi connectivity index (χ0v) is 15.1. The van der Waals surface area contributed by atoms with Crippen molar-refractivity contribution in [2.24, 2.45) is 0 Å². The van der Waals surface area contributed by atoms with Crippen LogP contribution in [0.4, 0.5) is 20.7 Å². The number of hydrogen-bond donors (Lipinski definition) is 1. The first-order valence-electron chi connectivity index (χ1n) is 6.51. The lowest BCUT2D eigenvalue weighted by atomic mass is 10.2. The van der Waals surface area contributed by atoms with E-state index in [-0.39, 0.29) is 15.6 Å². The number of nitrogen functional groups attached to an aromatic ring is 1. The summed E-state index contributed by atoms with van der Waals surface area (Å²) in [7, 11) is 0. The molecule has 0 atom stereocenters. The molecule has 2 N–H and O–H groups in total. The highest BCUT2D eigenvalue weighted by atomic mass is 35.5. The van der Waals surface area contributed by atoms with Gasteiger partial charge in [-0.05, 0) is 32.9 Å². The molecule has 23 heavy (non-hydrogen) atoms. The fraction of sp³-hybridized carbons (Fsp3) is 0.286. The van der Waals surface area contributed by atoms with E-state index in [9.17, 15) is 9.18 Å². The summed E-state index contributed by atoms with van der Waals surface area (Å²) in [5.74, 6) is -0.234. The largest absolute Gasteiger partial charge is 0.443 e. The molecule has 9 heteroatoms. The number of rotatable bonds is 3. The SMILES string of the molecule is CC(C)(C)OC(=O)N(Sc1cc(Cl)c(N)cc1F)c1cscn1. The van der Waals surface area contributed by atoms with Crippen LogP contribution in [0.1, 0.15) is 20.8 Å². The minimum atomic E-state index is -0.691. The molecule has 0 saturated carbocycles. The van der Waals surface area contributed by atoms with Gasteiger partial charge in [-0.15, -0.1) is 11.3 Å². The second-order valence-corrected chi connectivity index (χ2v) is 7.63. The van der Waals surface area contributed by atoms with Crippen LogP contribution >= 0.6 is 34.9 Å². The summed E-state index contributed by atoms with van der Waals surface area (Å²) < 4.78 is 20.6. The van der Waals surface area contributed by atoms with Crippen molar-refractivity contribution in [2.45, 2.75) is 31.3 Å². The molecule has 0 bridgehead atoms. The van der Waals surface area contributed by atoms with E-state index in [0.29, 0.717) is 5.82 Å². The Hall–Kier alpha value is -1.51. The summed E-state index contributed by atoms with van der Waals surface area (Å²) in [5, 5.41) is 1.87. The van der Waals surface area contributed by atoms with E-state index in [1.165, 1.54) is 21.7 Å². The van der Waals surface area contributed by atoms with Gasteiger partial charge in [-0.2, -0.15) is 4.31 Å². The number of hydrogen-bond acceptors (Lipinski definition) is 6. The summed E-state index contributed by atoms with van der Waals surface area (Å²) in [6, 6.07) is 2.47. The molecule has 0 aliphatic heterocycles. The second kappa shape index (κ2) is 6.94. The fourth-order valence-corrected chi connectivity index (χ4v) is 3.13. The average Bonchev–Trinajstić information content (AvgIpc) is 2.93. The number of ether oxygens (including phenoxy) is 1.